The van der Waals surface area contributed by atoms with Crippen LogP contribution in [0.15, 0.2) is 71.9 Å². The molecule has 0 aliphatic heterocycles. The number of amides is 2. The zero-order chi connectivity index (χ0) is 31.1. The Morgan fingerprint density at radius 3 is 2.44 bits per heavy atom. The van der Waals surface area contributed by atoms with Crippen LogP contribution in [0.25, 0.3) is 0 Å². The Kier molecular flexibility index (Phi) is 9.57. The number of pyridine rings is 2. The van der Waals surface area contributed by atoms with Crippen molar-refractivity contribution in [3.05, 3.63) is 106 Å². The van der Waals surface area contributed by atoms with E-state index in [0.29, 0.717) is 0 Å². The lowest BCUT2D eigenvalue weighted by atomic mass is 10.1. The van der Waals surface area contributed by atoms with E-state index in [1.54, 1.807) is 6.07 Å². The van der Waals surface area contributed by atoms with E-state index in [1.807, 2.05) is 5.32 Å². The first kappa shape index (κ1) is 30.9. The number of nitrogens with zero attached hydrogens (tertiary/aromatic N) is 5. The number of benzene rings is 1. The molecule has 16 heteroatoms. The average molecular weight is 608 g/mol. The van der Waals surface area contributed by atoms with Gasteiger partial charge in [0.25, 0.3) is 17.4 Å². The maximum absolute atomic E-state index is 15.1. The third-order valence-electron chi connectivity index (χ3n) is 6.20. The Morgan fingerprint density at radius 1 is 1.07 bits per heavy atom. The van der Waals surface area contributed by atoms with Crippen molar-refractivity contribution in [1.82, 2.24) is 29.9 Å². The van der Waals surface area contributed by atoms with Gasteiger partial charge in [-0.2, -0.15) is 17.6 Å². The average Bonchev–Trinajstić information content (AvgIpc) is 3.53. The molecule has 0 fully saturated rings. The minimum absolute atomic E-state index is 0.0356. The number of rotatable bonds is 11. The number of H-pyrrole nitrogens is 1. The fourth-order valence-corrected chi connectivity index (χ4v) is 3.99. The van der Waals surface area contributed by atoms with Gasteiger partial charge in [0.05, 0.1) is 18.4 Å². The highest BCUT2D eigenvalue weighted by atomic mass is 19.4. The van der Waals surface area contributed by atoms with Gasteiger partial charge in [0, 0.05) is 25.5 Å². The van der Waals surface area contributed by atoms with Gasteiger partial charge in [-0.25, -0.2) is 8.78 Å². The summed E-state index contributed by atoms with van der Waals surface area (Å²) in [5.74, 6) is -3.35. The molecule has 4 rings (SSSR count). The van der Waals surface area contributed by atoms with Crippen molar-refractivity contribution < 1.29 is 35.9 Å². The molecular weight excluding hydrogens is 584 g/mol. The Morgan fingerprint density at radius 2 is 1.81 bits per heavy atom. The second-order valence-corrected chi connectivity index (χ2v) is 9.28. The predicted octanol–water partition coefficient (Wildman–Crippen LogP) is 4.24. The molecule has 3 heterocycles. The summed E-state index contributed by atoms with van der Waals surface area (Å²) in [5.41, 5.74) is -2.87. The van der Waals surface area contributed by atoms with Crippen LogP contribution in [0.1, 0.15) is 39.9 Å². The molecule has 0 radical (unpaired) electrons. The van der Waals surface area contributed by atoms with Crippen molar-refractivity contribution in [3.63, 3.8) is 0 Å². The number of aromatic nitrogens is 5. The van der Waals surface area contributed by atoms with Gasteiger partial charge in [-0.1, -0.05) is 41.6 Å². The van der Waals surface area contributed by atoms with E-state index in [9.17, 15) is 36.3 Å². The molecule has 10 nitrogen and oxygen atoms in total. The number of halogens is 6. The molecule has 0 saturated carbocycles. The monoisotopic (exact) mass is 607 g/mol. The van der Waals surface area contributed by atoms with Crippen molar-refractivity contribution in [2.24, 2.45) is 0 Å². The van der Waals surface area contributed by atoms with E-state index < -0.39 is 59.6 Å². The van der Waals surface area contributed by atoms with Crippen molar-refractivity contribution >= 4 is 17.5 Å². The van der Waals surface area contributed by atoms with E-state index in [1.165, 1.54) is 24.3 Å². The summed E-state index contributed by atoms with van der Waals surface area (Å²) < 4.78 is 83.6. The largest absolute Gasteiger partial charge is 0.433 e. The number of nitrogens with one attached hydrogen (secondary N) is 2. The number of aryl methyl sites for hydroxylation is 1. The third kappa shape index (κ3) is 7.84. The van der Waals surface area contributed by atoms with Crippen molar-refractivity contribution in [1.29, 1.82) is 0 Å². The number of aromatic amines is 1. The normalized spacial score (nSPS) is 12.9. The Hall–Kier alpha value is -5.02. The maximum atomic E-state index is 15.1. The van der Waals surface area contributed by atoms with Crippen LogP contribution in [0.3, 0.4) is 0 Å². The number of hydrogen-bond donors (Lipinski definition) is 2. The molecule has 0 aliphatic carbocycles. The van der Waals surface area contributed by atoms with Gasteiger partial charge in [0.15, 0.2) is 5.69 Å². The van der Waals surface area contributed by atoms with Gasteiger partial charge in [-0.3, -0.25) is 24.5 Å². The van der Waals surface area contributed by atoms with E-state index in [0.717, 1.165) is 46.3 Å². The second-order valence-electron chi connectivity index (χ2n) is 9.28. The molecular formula is C27H23F6N7O3. The van der Waals surface area contributed by atoms with E-state index in [4.69, 9.17) is 0 Å². The lowest BCUT2D eigenvalue weighted by Crippen LogP contribution is -2.37. The molecule has 4 aromatic rings. The highest BCUT2D eigenvalue weighted by molar-refractivity contribution is 5.94. The molecule has 2 amide bonds. The summed E-state index contributed by atoms with van der Waals surface area (Å²) in [5, 5.41) is 11.4. The molecule has 0 aliphatic rings. The molecule has 3 aromatic heterocycles. The van der Waals surface area contributed by atoms with Gasteiger partial charge < -0.3 is 14.8 Å². The second kappa shape index (κ2) is 13.3. The minimum Gasteiger partial charge on any atom is -0.330 e. The number of hydrogen-bond acceptors (Lipinski definition) is 6. The van der Waals surface area contributed by atoms with Crippen molar-refractivity contribution in [2.45, 2.75) is 38.0 Å². The highest BCUT2D eigenvalue weighted by Gasteiger charge is 2.32. The molecule has 43 heavy (non-hydrogen) atoms. The molecule has 0 saturated heterocycles. The highest BCUT2D eigenvalue weighted by Crippen LogP contribution is 2.27. The summed E-state index contributed by atoms with van der Waals surface area (Å²) in [6, 6.07) is 10.2. The smallest absolute Gasteiger partial charge is 0.330 e. The van der Waals surface area contributed by atoms with Crippen molar-refractivity contribution in [3.8, 4) is 0 Å². The van der Waals surface area contributed by atoms with E-state index >= 15 is 4.39 Å². The van der Waals surface area contributed by atoms with Gasteiger partial charge in [-0.05, 0) is 29.7 Å². The number of carbonyl (C=O) groups is 2. The maximum Gasteiger partial charge on any atom is 0.433 e. The van der Waals surface area contributed by atoms with Crippen molar-refractivity contribution in [2.75, 3.05) is 11.9 Å². The summed E-state index contributed by atoms with van der Waals surface area (Å²) in [4.78, 5) is 41.9. The van der Waals surface area contributed by atoms with Crippen LogP contribution in [0, 0.1) is 5.82 Å². The first-order chi connectivity index (χ1) is 20.4. The van der Waals surface area contributed by atoms with Gasteiger partial charge in [-0.15, -0.1) is 5.10 Å². The SMILES string of the molecule is O=C(Nc1ccn(CCC(F)CN(Cc2ccc(C(F)(F)F)nc2)C(=O)c2c[nH]nn2)c(=O)c1F)C(F)c1ccccc1. The Bertz CT molecular complexity index is 1600. The lowest BCUT2D eigenvalue weighted by molar-refractivity contribution is -0.141. The van der Waals surface area contributed by atoms with E-state index in [-0.39, 0.29) is 36.3 Å². The quantitative estimate of drug-likeness (QED) is 0.246. The number of alkyl halides is 5. The van der Waals surface area contributed by atoms with E-state index in [2.05, 4.69) is 20.4 Å². The molecule has 2 atom stereocenters. The van der Waals surface area contributed by atoms with Gasteiger partial charge in [0.2, 0.25) is 12.0 Å². The first-order valence-corrected chi connectivity index (χ1v) is 12.6. The Balaban J connectivity index is 1.41. The first-order valence-electron chi connectivity index (χ1n) is 12.6. The number of carbonyl (C=O) groups excluding carboxylic acids is 2. The molecule has 2 unspecified atom stereocenters. The summed E-state index contributed by atoms with van der Waals surface area (Å²) in [6.45, 7) is -1.22. The van der Waals surface area contributed by atoms with Crippen LogP contribution in [0.4, 0.5) is 32.0 Å². The standard InChI is InChI=1S/C27H23F6N7O3/c28-18(15-40(25(42)20-13-35-38-37-20)14-16-6-7-21(34-12-16)27(31,32)33)8-10-39-11-9-19(23(30)26(39)43)36-24(41)22(29)17-4-2-1-3-5-17/h1-7,9,11-13,18,22H,8,10,14-15H2,(H,36,41)(H,35,37,38). The van der Waals surface area contributed by atoms with Gasteiger partial charge >= 0.3 is 6.18 Å². The molecule has 0 spiro atoms. The van der Waals surface area contributed by atoms with Crippen LogP contribution in [-0.2, 0) is 24.1 Å². The molecule has 1 aromatic carbocycles. The topological polar surface area (TPSA) is 126 Å². The predicted molar refractivity (Wildman–Crippen MR) is 139 cm³/mol. The molecule has 226 valence electrons. The fraction of sp³-hybridized carbons (Fsp3) is 0.259. The third-order valence-corrected chi connectivity index (χ3v) is 6.20. The lowest BCUT2D eigenvalue weighted by Gasteiger charge is -2.24. The summed E-state index contributed by atoms with van der Waals surface area (Å²) >= 11 is 0. The number of anilines is 1. The molecule has 0 bridgehead atoms. The van der Waals surface area contributed by atoms with Gasteiger partial charge in [0.1, 0.15) is 11.9 Å². The summed E-state index contributed by atoms with van der Waals surface area (Å²) in [7, 11) is 0. The van der Waals surface area contributed by atoms with Crippen LogP contribution in [-0.4, -0.2) is 54.4 Å². The van der Waals surface area contributed by atoms with Crippen LogP contribution in [0.2, 0.25) is 0 Å². The zero-order valence-electron chi connectivity index (χ0n) is 22.1. The summed E-state index contributed by atoms with van der Waals surface area (Å²) in [6.07, 6.45) is -5.77. The van der Waals surface area contributed by atoms with Crippen LogP contribution < -0.4 is 10.9 Å². The molecule has 2 N–H and O–H groups in total. The van der Waals surface area contributed by atoms with Crippen LogP contribution >= 0.6 is 0 Å². The fourth-order valence-electron chi connectivity index (χ4n) is 3.99. The zero-order valence-corrected chi connectivity index (χ0v) is 22.1. The van der Waals surface area contributed by atoms with Crippen LogP contribution in [0.5, 0.6) is 0 Å². The Labute approximate surface area is 239 Å². The minimum atomic E-state index is -4.67.